The van der Waals surface area contributed by atoms with Crippen molar-refractivity contribution in [3.05, 3.63) is 133 Å². The summed E-state index contributed by atoms with van der Waals surface area (Å²) >= 11 is 0. The SMILES string of the molecule is CC(C)(C)c1ccc([O-])cc1.[Pt+2].c1ccc(-c2ccc3c4ccccc4n(-c4cc5c(cn4)[n-]c4ccccc45)c3c2)nc1. The minimum atomic E-state index is 0. The van der Waals surface area contributed by atoms with E-state index in [1.165, 1.54) is 16.3 Å². The minimum Gasteiger partial charge on any atom is -0.872 e. The Balaban J connectivity index is 0.000000245. The number of para-hydroxylation sites is 2. The smallest absolute Gasteiger partial charge is 0.872 e. The average Bonchev–Trinajstić information content (AvgIpc) is 3.56. The molecular weight excluding hydrogens is 724 g/mol. The van der Waals surface area contributed by atoms with E-state index in [0.29, 0.717) is 0 Å². The van der Waals surface area contributed by atoms with Crippen LogP contribution in [-0.4, -0.2) is 14.5 Å². The second-order valence-electron chi connectivity index (χ2n) is 11.8. The third-order valence-electron chi connectivity index (χ3n) is 7.89. The first-order valence-electron chi connectivity index (χ1n) is 14.4. The number of aromatic nitrogens is 4. The molecule has 0 aliphatic rings. The molecule has 4 aromatic carbocycles. The van der Waals surface area contributed by atoms with Crippen LogP contribution in [0.5, 0.6) is 5.75 Å². The van der Waals surface area contributed by atoms with Crippen LogP contribution in [0.3, 0.4) is 0 Å². The van der Waals surface area contributed by atoms with Gasteiger partial charge in [0, 0.05) is 28.7 Å². The number of rotatable bonds is 2. The molecule has 5 nitrogen and oxygen atoms in total. The maximum Gasteiger partial charge on any atom is 2.00 e. The normalized spacial score (nSPS) is 11.4. The van der Waals surface area contributed by atoms with Crippen molar-refractivity contribution in [2.24, 2.45) is 0 Å². The van der Waals surface area contributed by atoms with E-state index >= 15 is 0 Å². The fourth-order valence-electron chi connectivity index (χ4n) is 5.66. The van der Waals surface area contributed by atoms with Gasteiger partial charge in [0.25, 0.3) is 0 Å². The summed E-state index contributed by atoms with van der Waals surface area (Å²) in [5.74, 6) is 0.970. The third-order valence-corrected chi connectivity index (χ3v) is 7.89. The van der Waals surface area contributed by atoms with Crippen molar-refractivity contribution >= 4 is 43.6 Å². The quantitative estimate of drug-likeness (QED) is 0.178. The van der Waals surface area contributed by atoms with Crippen LogP contribution >= 0.6 is 0 Å². The van der Waals surface area contributed by atoms with Crippen LogP contribution < -0.4 is 10.1 Å². The molecule has 0 bridgehead atoms. The molecule has 44 heavy (non-hydrogen) atoms. The number of hydrogen-bond acceptors (Lipinski definition) is 3. The molecule has 0 aliphatic heterocycles. The van der Waals surface area contributed by atoms with Gasteiger partial charge in [0.15, 0.2) is 0 Å². The van der Waals surface area contributed by atoms with Crippen molar-refractivity contribution < 1.29 is 26.2 Å². The number of fused-ring (bicyclic) bond motifs is 6. The molecule has 0 N–H and O–H groups in total. The van der Waals surface area contributed by atoms with E-state index in [0.717, 1.165) is 49.9 Å². The summed E-state index contributed by atoms with van der Waals surface area (Å²) in [4.78, 5) is 14.1. The molecule has 0 radical (unpaired) electrons. The zero-order valence-electron chi connectivity index (χ0n) is 24.6. The van der Waals surface area contributed by atoms with Crippen LogP contribution in [0.4, 0.5) is 0 Å². The predicted molar refractivity (Wildman–Crippen MR) is 175 cm³/mol. The summed E-state index contributed by atoms with van der Waals surface area (Å²) in [6.45, 7) is 6.40. The third kappa shape index (κ3) is 5.40. The number of hydrogen-bond donors (Lipinski definition) is 0. The van der Waals surface area contributed by atoms with Crippen LogP contribution in [0, 0.1) is 0 Å². The topological polar surface area (TPSA) is 67.9 Å². The van der Waals surface area contributed by atoms with E-state index in [-0.39, 0.29) is 32.2 Å². The van der Waals surface area contributed by atoms with E-state index in [4.69, 9.17) is 9.97 Å². The second kappa shape index (κ2) is 11.7. The van der Waals surface area contributed by atoms with Gasteiger partial charge in [-0.1, -0.05) is 106 Å². The number of nitrogens with zero attached hydrogens (tertiary/aromatic N) is 4. The maximum atomic E-state index is 10.7. The Labute approximate surface area is 270 Å². The van der Waals surface area contributed by atoms with Gasteiger partial charge in [-0.2, -0.15) is 0 Å². The van der Waals surface area contributed by atoms with Gasteiger partial charge in [-0.3, -0.25) is 9.55 Å². The van der Waals surface area contributed by atoms with E-state index in [2.05, 4.69) is 97.1 Å². The molecular formula is C38H30N4OPt. The largest absolute Gasteiger partial charge is 2.00 e. The Morgan fingerprint density at radius 2 is 1.34 bits per heavy atom. The predicted octanol–water partition coefficient (Wildman–Crippen LogP) is 8.56. The molecule has 0 unspecified atom stereocenters. The molecule has 6 heteroatoms. The molecule has 0 aliphatic carbocycles. The zero-order valence-corrected chi connectivity index (χ0v) is 26.9. The summed E-state index contributed by atoms with van der Waals surface area (Å²) in [6, 6.07) is 38.5. The van der Waals surface area contributed by atoms with Crippen molar-refractivity contribution in [1.82, 2.24) is 19.5 Å². The van der Waals surface area contributed by atoms with Crippen LogP contribution in [0.1, 0.15) is 26.3 Å². The van der Waals surface area contributed by atoms with Crippen molar-refractivity contribution in [3.63, 3.8) is 0 Å². The monoisotopic (exact) mass is 753 g/mol. The van der Waals surface area contributed by atoms with Gasteiger partial charge < -0.3 is 10.1 Å². The van der Waals surface area contributed by atoms with E-state index in [1.54, 1.807) is 12.1 Å². The molecule has 4 heterocycles. The van der Waals surface area contributed by atoms with E-state index < -0.39 is 0 Å². The van der Waals surface area contributed by atoms with Gasteiger partial charge in [-0.25, -0.2) is 4.98 Å². The summed E-state index contributed by atoms with van der Waals surface area (Å²) in [7, 11) is 0. The maximum absolute atomic E-state index is 10.7. The standard InChI is InChI=1S/C28H17N4.C10H14O.Pt/c1-3-10-24-19(7-1)22-16-28(30-17-25(22)31-24)32-26-11-4-2-8-20(26)21-13-12-18(15-27(21)32)23-9-5-6-14-29-23;1-10(2,3)8-4-6-9(11)7-5-8;/h1-17H;4-7,11H,1-3H3;/q-1;;+2/p-1. The molecule has 0 atom stereocenters. The Hall–Kier alpha value is -4.73. The van der Waals surface area contributed by atoms with E-state index in [9.17, 15) is 5.11 Å². The van der Waals surface area contributed by atoms with Gasteiger partial charge in [-0.05, 0) is 52.1 Å². The Morgan fingerprint density at radius 1 is 0.636 bits per heavy atom. The van der Waals surface area contributed by atoms with Crippen molar-refractivity contribution in [3.8, 4) is 22.8 Å². The first-order chi connectivity index (χ1) is 20.9. The molecule has 4 aromatic heterocycles. The second-order valence-corrected chi connectivity index (χ2v) is 11.8. The Kier molecular flexibility index (Phi) is 7.83. The first kappa shape index (κ1) is 29.3. The summed E-state index contributed by atoms with van der Waals surface area (Å²) < 4.78 is 2.25. The zero-order chi connectivity index (χ0) is 29.6. The number of benzene rings is 4. The van der Waals surface area contributed by atoms with Gasteiger partial charge >= 0.3 is 21.1 Å². The fourth-order valence-corrected chi connectivity index (χ4v) is 5.66. The Morgan fingerprint density at radius 3 is 2.09 bits per heavy atom. The van der Waals surface area contributed by atoms with Gasteiger partial charge in [-0.15, -0.1) is 16.8 Å². The van der Waals surface area contributed by atoms with Crippen LogP contribution in [-0.2, 0) is 26.5 Å². The summed E-state index contributed by atoms with van der Waals surface area (Å²) in [5.41, 5.74) is 7.57. The van der Waals surface area contributed by atoms with E-state index in [1.807, 2.05) is 48.8 Å². The molecule has 0 amide bonds. The van der Waals surface area contributed by atoms with Crippen molar-refractivity contribution in [1.29, 1.82) is 0 Å². The van der Waals surface area contributed by atoms with Gasteiger partial charge in [0.2, 0.25) is 0 Å². The van der Waals surface area contributed by atoms with Gasteiger partial charge in [0.05, 0.1) is 16.7 Å². The number of pyridine rings is 2. The Bertz CT molecular complexity index is 2230. The molecule has 0 fully saturated rings. The van der Waals surface area contributed by atoms with Gasteiger partial charge in [0.1, 0.15) is 5.82 Å². The molecule has 0 saturated heterocycles. The summed E-state index contributed by atoms with van der Waals surface area (Å²) in [6.07, 6.45) is 3.71. The molecule has 8 aromatic rings. The molecule has 218 valence electrons. The summed E-state index contributed by atoms with van der Waals surface area (Å²) in [5, 5.41) is 15.4. The van der Waals surface area contributed by atoms with Crippen molar-refractivity contribution in [2.75, 3.05) is 0 Å². The average molecular weight is 754 g/mol. The van der Waals surface area contributed by atoms with Crippen molar-refractivity contribution in [2.45, 2.75) is 26.2 Å². The fraction of sp³-hybridized carbons (Fsp3) is 0.105. The molecule has 0 spiro atoms. The van der Waals surface area contributed by atoms with Crippen LogP contribution in [0.25, 0.3) is 60.7 Å². The minimum absolute atomic E-state index is 0. The van der Waals surface area contributed by atoms with Crippen LogP contribution in [0.15, 0.2) is 128 Å². The van der Waals surface area contributed by atoms with Crippen LogP contribution in [0.2, 0.25) is 0 Å². The first-order valence-corrected chi connectivity index (χ1v) is 14.4. The molecule has 8 rings (SSSR count). The molecule has 0 saturated carbocycles.